The summed E-state index contributed by atoms with van der Waals surface area (Å²) in [7, 11) is -2.96. The fourth-order valence-corrected chi connectivity index (χ4v) is 2.52. The Kier molecular flexibility index (Phi) is 4.59. The maximum absolute atomic E-state index is 10.9. The van der Waals surface area contributed by atoms with Crippen LogP contribution < -0.4 is 0 Å². The summed E-state index contributed by atoms with van der Waals surface area (Å²) < 4.78 is 21.8. The van der Waals surface area contributed by atoms with E-state index in [-0.39, 0.29) is 5.08 Å². The van der Waals surface area contributed by atoms with Gasteiger partial charge in [0.05, 0.1) is 0 Å². The second-order valence-electron chi connectivity index (χ2n) is 3.36. The van der Waals surface area contributed by atoms with E-state index in [2.05, 4.69) is 22.1 Å². The van der Waals surface area contributed by atoms with Gasteiger partial charge in [0.2, 0.25) is 5.16 Å². The van der Waals surface area contributed by atoms with E-state index in [0.29, 0.717) is 5.16 Å². The van der Waals surface area contributed by atoms with Crippen LogP contribution in [-0.2, 0) is 16.3 Å². The van der Waals surface area contributed by atoms with Gasteiger partial charge in [0.1, 0.15) is 10.9 Å². The molecule has 1 aromatic heterocycles. The fraction of sp³-hybridized carbons (Fsp3) is 0.750. The van der Waals surface area contributed by atoms with E-state index < -0.39 is 9.84 Å². The summed E-state index contributed by atoms with van der Waals surface area (Å²) in [6, 6.07) is 0. The van der Waals surface area contributed by atoms with Crippen LogP contribution in [0.25, 0.3) is 0 Å². The molecule has 0 aliphatic rings. The number of aromatic amines is 1. The van der Waals surface area contributed by atoms with Gasteiger partial charge in [-0.2, -0.15) is 0 Å². The van der Waals surface area contributed by atoms with E-state index >= 15 is 0 Å². The van der Waals surface area contributed by atoms with Crippen molar-refractivity contribution in [2.75, 3.05) is 11.3 Å². The van der Waals surface area contributed by atoms with Gasteiger partial charge >= 0.3 is 0 Å². The molecule has 0 aliphatic heterocycles. The van der Waals surface area contributed by atoms with Gasteiger partial charge in [-0.25, -0.2) is 13.4 Å². The van der Waals surface area contributed by atoms with Crippen molar-refractivity contribution < 1.29 is 8.42 Å². The summed E-state index contributed by atoms with van der Waals surface area (Å²) in [5, 5.41) is 7.27. The summed E-state index contributed by atoms with van der Waals surface area (Å²) in [6.07, 6.45) is 4.23. The number of hydrogen-bond donors (Lipinski definition) is 1. The van der Waals surface area contributed by atoms with Gasteiger partial charge < -0.3 is 0 Å². The van der Waals surface area contributed by atoms with Crippen LogP contribution in [0.3, 0.4) is 0 Å². The minimum Gasteiger partial charge on any atom is -0.262 e. The molecule has 0 fully saturated rings. The highest BCUT2D eigenvalue weighted by molar-refractivity contribution is 8.12. The predicted octanol–water partition coefficient (Wildman–Crippen LogP) is 1.24. The standard InChI is InChI=1S/C8H15N3O2S2/c1-3-4-5-7-9-8(11-10-7)14-6-15(2,12)13/h3-6H2,1-2H3,(H,9,10,11). The second-order valence-corrected chi connectivity index (χ2v) is 6.80. The summed E-state index contributed by atoms with van der Waals surface area (Å²) >= 11 is 1.14. The van der Waals surface area contributed by atoms with Gasteiger partial charge in [0, 0.05) is 12.7 Å². The monoisotopic (exact) mass is 249 g/mol. The number of sulfone groups is 1. The Bertz CT molecular complexity index is 400. The van der Waals surface area contributed by atoms with Crippen LogP contribution in [0.2, 0.25) is 0 Å². The lowest BCUT2D eigenvalue weighted by molar-refractivity contribution is 0.606. The normalized spacial score (nSPS) is 11.9. The van der Waals surface area contributed by atoms with Crippen molar-refractivity contribution in [3.63, 3.8) is 0 Å². The Hall–Kier alpha value is -0.560. The molecule has 0 bridgehead atoms. The van der Waals surface area contributed by atoms with Crippen LogP contribution in [0.5, 0.6) is 0 Å². The number of aromatic nitrogens is 3. The number of nitrogens with zero attached hydrogens (tertiary/aromatic N) is 2. The van der Waals surface area contributed by atoms with E-state index in [4.69, 9.17) is 0 Å². The molecule has 0 aliphatic carbocycles. The minimum atomic E-state index is -2.96. The zero-order valence-corrected chi connectivity index (χ0v) is 10.5. The quantitative estimate of drug-likeness (QED) is 0.768. The zero-order chi connectivity index (χ0) is 11.3. The summed E-state index contributed by atoms with van der Waals surface area (Å²) in [5.74, 6) is 0.827. The van der Waals surface area contributed by atoms with E-state index in [1.165, 1.54) is 6.26 Å². The largest absolute Gasteiger partial charge is 0.262 e. The molecule has 1 heterocycles. The Labute approximate surface area is 94.0 Å². The Balaban J connectivity index is 2.46. The van der Waals surface area contributed by atoms with Crippen molar-refractivity contribution in [2.24, 2.45) is 0 Å². The number of hydrogen-bond acceptors (Lipinski definition) is 5. The van der Waals surface area contributed by atoms with Gasteiger partial charge in [-0.3, -0.25) is 5.10 Å². The number of aryl methyl sites for hydroxylation is 1. The van der Waals surface area contributed by atoms with Gasteiger partial charge in [0.15, 0.2) is 9.84 Å². The molecular formula is C8H15N3O2S2. The lowest BCUT2D eigenvalue weighted by Crippen LogP contribution is -1.98. The first kappa shape index (κ1) is 12.5. The van der Waals surface area contributed by atoms with Crippen LogP contribution in [-0.4, -0.2) is 34.9 Å². The molecule has 1 rings (SSSR count). The molecule has 15 heavy (non-hydrogen) atoms. The van der Waals surface area contributed by atoms with Gasteiger partial charge in [-0.15, -0.1) is 5.10 Å². The average Bonchev–Trinajstić information content (AvgIpc) is 2.58. The molecule has 0 aromatic carbocycles. The maximum atomic E-state index is 10.9. The molecule has 5 nitrogen and oxygen atoms in total. The van der Waals surface area contributed by atoms with Crippen LogP contribution in [0.1, 0.15) is 25.6 Å². The van der Waals surface area contributed by atoms with Gasteiger partial charge in [-0.1, -0.05) is 25.1 Å². The lowest BCUT2D eigenvalue weighted by atomic mass is 10.2. The van der Waals surface area contributed by atoms with Crippen molar-refractivity contribution >= 4 is 21.6 Å². The predicted molar refractivity (Wildman–Crippen MR) is 60.6 cm³/mol. The molecule has 1 aromatic rings. The highest BCUT2D eigenvalue weighted by Gasteiger charge is 2.07. The average molecular weight is 249 g/mol. The summed E-state index contributed by atoms with van der Waals surface area (Å²) in [5.41, 5.74) is 0. The molecular weight excluding hydrogens is 234 g/mol. The molecule has 0 atom stereocenters. The highest BCUT2D eigenvalue weighted by Crippen LogP contribution is 2.14. The Morgan fingerprint density at radius 2 is 2.20 bits per heavy atom. The van der Waals surface area contributed by atoms with E-state index in [1.54, 1.807) is 0 Å². The molecule has 0 saturated heterocycles. The maximum Gasteiger partial charge on any atom is 0.209 e. The van der Waals surface area contributed by atoms with Crippen LogP contribution in [0.15, 0.2) is 5.16 Å². The lowest BCUT2D eigenvalue weighted by Gasteiger charge is -1.93. The second kappa shape index (κ2) is 5.50. The number of H-pyrrole nitrogens is 1. The van der Waals surface area contributed by atoms with E-state index in [0.717, 1.165) is 36.8 Å². The highest BCUT2D eigenvalue weighted by atomic mass is 32.3. The first-order valence-corrected chi connectivity index (χ1v) is 7.77. The topological polar surface area (TPSA) is 75.7 Å². The van der Waals surface area contributed by atoms with E-state index in [9.17, 15) is 8.42 Å². The summed E-state index contributed by atoms with van der Waals surface area (Å²) in [4.78, 5) is 4.18. The number of thioether (sulfide) groups is 1. The van der Waals surface area contributed by atoms with Crippen molar-refractivity contribution in [1.29, 1.82) is 0 Å². The number of nitrogens with one attached hydrogen (secondary N) is 1. The molecule has 1 N–H and O–H groups in total. The molecule has 86 valence electrons. The third-order valence-electron chi connectivity index (χ3n) is 1.68. The van der Waals surface area contributed by atoms with Crippen LogP contribution >= 0.6 is 11.8 Å². The number of unbranched alkanes of at least 4 members (excludes halogenated alkanes) is 1. The molecule has 0 radical (unpaired) electrons. The first-order valence-electron chi connectivity index (χ1n) is 4.73. The third-order valence-corrected chi connectivity index (χ3v) is 4.31. The SMILES string of the molecule is CCCCc1nc(SCS(C)(=O)=O)n[nH]1. The molecule has 0 saturated carbocycles. The molecule has 0 unspecified atom stereocenters. The van der Waals surface area contributed by atoms with Gasteiger partial charge in [0.25, 0.3) is 0 Å². The molecule has 0 spiro atoms. The molecule has 7 heteroatoms. The Morgan fingerprint density at radius 3 is 2.80 bits per heavy atom. The summed E-state index contributed by atoms with van der Waals surface area (Å²) in [6.45, 7) is 2.11. The first-order chi connectivity index (χ1) is 7.01. The smallest absolute Gasteiger partial charge is 0.209 e. The zero-order valence-electron chi connectivity index (χ0n) is 8.86. The number of rotatable bonds is 6. The van der Waals surface area contributed by atoms with Gasteiger partial charge in [-0.05, 0) is 6.42 Å². The third kappa shape index (κ3) is 5.17. The van der Waals surface area contributed by atoms with Crippen molar-refractivity contribution in [3.05, 3.63) is 5.82 Å². The van der Waals surface area contributed by atoms with Crippen LogP contribution in [0, 0.1) is 0 Å². The fourth-order valence-electron chi connectivity index (χ4n) is 0.958. The van der Waals surface area contributed by atoms with Crippen molar-refractivity contribution in [1.82, 2.24) is 15.2 Å². The van der Waals surface area contributed by atoms with Crippen molar-refractivity contribution in [2.45, 2.75) is 31.3 Å². The molecule has 0 amide bonds. The Morgan fingerprint density at radius 1 is 1.47 bits per heavy atom. The van der Waals surface area contributed by atoms with Crippen molar-refractivity contribution in [3.8, 4) is 0 Å². The van der Waals surface area contributed by atoms with E-state index in [1.807, 2.05) is 0 Å². The minimum absolute atomic E-state index is 0.0259. The van der Waals surface area contributed by atoms with Crippen LogP contribution in [0.4, 0.5) is 0 Å².